The average Bonchev–Trinajstić information content (AvgIpc) is 3.11. The first-order valence-corrected chi connectivity index (χ1v) is 14.1. The predicted octanol–water partition coefficient (Wildman–Crippen LogP) is 2.16. The number of benzene rings is 1. The number of aliphatic hydroxyl groups excluding tert-OH is 1. The van der Waals surface area contributed by atoms with Gasteiger partial charge in [-0.25, -0.2) is 23.1 Å². The molecule has 0 saturated carbocycles. The van der Waals surface area contributed by atoms with Gasteiger partial charge in [-0.05, 0) is 44.7 Å². The molecule has 1 aliphatic heterocycles. The van der Waals surface area contributed by atoms with Crippen molar-refractivity contribution in [3.05, 3.63) is 63.2 Å². The van der Waals surface area contributed by atoms with Crippen LogP contribution in [0.25, 0.3) is 0 Å². The van der Waals surface area contributed by atoms with Gasteiger partial charge in [0.15, 0.2) is 18.0 Å². The summed E-state index contributed by atoms with van der Waals surface area (Å²) in [4.78, 5) is 37.3. The summed E-state index contributed by atoms with van der Waals surface area (Å²) in [6.45, 7) is -0.651. The van der Waals surface area contributed by atoms with Gasteiger partial charge in [-0.15, -0.1) is 0 Å². The maximum absolute atomic E-state index is 15.1. The van der Waals surface area contributed by atoms with E-state index in [0.29, 0.717) is 0 Å². The number of aromatic nitrogens is 2. The van der Waals surface area contributed by atoms with Crippen LogP contribution in [0.2, 0.25) is 0 Å². The van der Waals surface area contributed by atoms with Gasteiger partial charge >= 0.3 is 18.3 Å². The van der Waals surface area contributed by atoms with Crippen LogP contribution in [0.3, 0.4) is 0 Å². The Morgan fingerprint density at radius 2 is 1.92 bits per heavy atom. The monoisotopic (exact) mass is 599 g/mol. The summed E-state index contributed by atoms with van der Waals surface area (Å²) >= 11 is 5.43. The Morgan fingerprint density at radius 1 is 1.28 bits per heavy atom. The highest BCUT2D eigenvalue weighted by atomic mass is 32.5. The van der Waals surface area contributed by atoms with Gasteiger partial charge in [-0.1, -0.05) is 18.2 Å². The minimum absolute atomic E-state index is 0.133. The van der Waals surface area contributed by atoms with Gasteiger partial charge in [0.1, 0.15) is 17.9 Å². The lowest BCUT2D eigenvalue weighted by molar-refractivity contribution is -0.192. The number of ether oxygens (including phenoxy) is 2. The summed E-state index contributed by atoms with van der Waals surface area (Å²) < 4.78 is 79.2. The third-order valence-electron chi connectivity index (χ3n) is 5.47. The van der Waals surface area contributed by atoms with E-state index in [1.807, 2.05) is 0 Å². The molecule has 1 aromatic carbocycles. The maximum atomic E-state index is 15.1. The molecule has 3 N–H and O–H groups in total. The normalized spacial score (nSPS) is 25.4. The van der Waals surface area contributed by atoms with Gasteiger partial charge in [0.25, 0.3) is 12.0 Å². The fourth-order valence-corrected chi connectivity index (χ4v) is 5.95. The summed E-state index contributed by atoms with van der Waals surface area (Å²) in [5.41, 5.74) is -5.92. The summed E-state index contributed by atoms with van der Waals surface area (Å²) in [5.74, 6) is -2.15. The molecule has 0 aliphatic carbocycles. The zero-order valence-electron chi connectivity index (χ0n) is 20.8. The quantitative estimate of drug-likeness (QED) is 0.200. The maximum Gasteiger partial charge on any atom is 0.330 e. The van der Waals surface area contributed by atoms with Gasteiger partial charge in [-0.3, -0.25) is 19.1 Å². The summed E-state index contributed by atoms with van der Waals surface area (Å²) in [7, 11) is 0. The van der Waals surface area contributed by atoms with Crippen molar-refractivity contribution in [2.45, 2.75) is 63.4 Å². The standard InChI is InChI=1S/C22H26F4N3O8PS/c1-11(2)35-19(32)12(3)28-38(39,37-13-7-5-4-6-8-13)34-10-22(20(25)26)16(30)15(24)18(36-22)29-9-14(23)17(31)27-21(29)33/h4-9,11-12,15-16,18,20,30H,10H2,1-3H3,(H,28,39)(H,27,31,33)/t12-,15+,16-,18+,22+,38?/m0/s1. The molecule has 1 unspecified atom stereocenters. The summed E-state index contributed by atoms with van der Waals surface area (Å²) in [5, 5.41) is 13.1. The van der Waals surface area contributed by atoms with Crippen molar-refractivity contribution in [2.24, 2.45) is 0 Å². The molecule has 2 aromatic rings. The van der Waals surface area contributed by atoms with Crippen LogP contribution < -0.4 is 20.9 Å². The molecular formula is C22H26F4N3O8PS. The molecule has 216 valence electrons. The van der Waals surface area contributed by atoms with Crippen molar-refractivity contribution in [3.63, 3.8) is 0 Å². The number of nitrogens with one attached hydrogen (secondary N) is 2. The van der Waals surface area contributed by atoms with E-state index in [4.69, 9.17) is 30.3 Å². The van der Waals surface area contributed by atoms with E-state index in [9.17, 15) is 32.7 Å². The van der Waals surface area contributed by atoms with Crippen LogP contribution in [0.4, 0.5) is 17.6 Å². The van der Waals surface area contributed by atoms with Crippen LogP contribution in [0.1, 0.15) is 27.0 Å². The van der Waals surface area contributed by atoms with E-state index in [0.717, 1.165) is 0 Å². The molecule has 0 bridgehead atoms. The van der Waals surface area contributed by atoms with Crippen LogP contribution in [-0.4, -0.2) is 63.7 Å². The fraction of sp³-hybridized carbons (Fsp3) is 0.500. The van der Waals surface area contributed by atoms with E-state index < -0.39 is 79.0 Å². The highest BCUT2D eigenvalue weighted by Crippen LogP contribution is 2.49. The van der Waals surface area contributed by atoms with Gasteiger partial charge < -0.3 is 23.6 Å². The molecule has 6 atom stereocenters. The Balaban J connectivity index is 1.92. The smallest absolute Gasteiger partial charge is 0.330 e. The van der Waals surface area contributed by atoms with E-state index in [2.05, 4.69) is 5.09 Å². The van der Waals surface area contributed by atoms with Crippen molar-refractivity contribution in [1.82, 2.24) is 14.6 Å². The number of alkyl halides is 3. The second-order valence-corrected chi connectivity index (χ2v) is 11.9. The highest BCUT2D eigenvalue weighted by Gasteiger charge is 2.62. The van der Waals surface area contributed by atoms with Crippen LogP contribution in [0.5, 0.6) is 5.75 Å². The lowest BCUT2D eigenvalue weighted by Crippen LogP contribution is -2.52. The second kappa shape index (κ2) is 12.3. The fourth-order valence-electron chi connectivity index (χ4n) is 3.53. The topological polar surface area (TPSA) is 141 Å². The molecule has 0 spiro atoms. The van der Waals surface area contributed by atoms with E-state index in [-0.39, 0.29) is 16.5 Å². The van der Waals surface area contributed by atoms with Crippen LogP contribution in [-0.2, 0) is 30.6 Å². The molecule has 1 saturated heterocycles. The van der Waals surface area contributed by atoms with E-state index in [1.165, 1.54) is 19.1 Å². The predicted molar refractivity (Wildman–Crippen MR) is 132 cm³/mol. The number of rotatable bonds is 11. The largest absolute Gasteiger partial charge is 0.462 e. The number of halogens is 4. The van der Waals surface area contributed by atoms with Crippen molar-refractivity contribution in [1.29, 1.82) is 0 Å². The Kier molecular flexibility index (Phi) is 9.73. The van der Waals surface area contributed by atoms with Crippen molar-refractivity contribution < 1.29 is 46.0 Å². The summed E-state index contributed by atoms with van der Waals surface area (Å²) in [6.07, 6.45) is -11.4. The number of nitrogens with zero attached hydrogens (tertiary/aromatic N) is 1. The second-order valence-electron chi connectivity index (χ2n) is 8.81. The first-order chi connectivity index (χ1) is 18.2. The molecule has 2 heterocycles. The highest BCUT2D eigenvalue weighted by molar-refractivity contribution is 8.09. The van der Waals surface area contributed by atoms with Gasteiger partial charge in [0.05, 0.1) is 18.9 Å². The molecule has 3 rings (SSSR count). The Morgan fingerprint density at radius 3 is 2.51 bits per heavy atom. The van der Waals surface area contributed by atoms with Crippen molar-refractivity contribution in [3.8, 4) is 5.75 Å². The van der Waals surface area contributed by atoms with Crippen LogP contribution >= 0.6 is 6.64 Å². The zero-order chi connectivity index (χ0) is 29.1. The first kappa shape index (κ1) is 30.9. The number of esters is 1. The zero-order valence-corrected chi connectivity index (χ0v) is 22.5. The molecule has 1 aromatic heterocycles. The van der Waals surface area contributed by atoms with Crippen LogP contribution in [0.15, 0.2) is 46.1 Å². The molecule has 0 radical (unpaired) electrons. The van der Waals surface area contributed by atoms with E-state index >= 15 is 4.39 Å². The third kappa shape index (κ3) is 6.94. The molecule has 17 heteroatoms. The summed E-state index contributed by atoms with van der Waals surface area (Å²) in [6, 6.07) is 6.61. The third-order valence-corrected chi connectivity index (χ3v) is 7.95. The molecule has 11 nitrogen and oxygen atoms in total. The molecular weight excluding hydrogens is 573 g/mol. The lowest BCUT2D eigenvalue weighted by atomic mass is 9.97. The SMILES string of the molecule is CC(C)OC(=O)[C@H](C)NP(=S)(OC[C@@]1(C(F)F)O[C@@H](n2cc(F)c(=O)[nH]c2=O)[C@H](F)[C@@H]1O)Oc1ccccc1. The molecule has 39 heavy (non-hydrogen) atoms. The number of hydrogen-bond acceptors (Lipinski definition) is 9. The molecule has 0 amide bonds. The van der Waals surface area contributed by atoms with Crippen LogP contribution in [0, 0.1) is 5.82 Å². The molecule has 1 fully saturated rings. The van der Waals surface area contributed by atoms with Gasteiger partial charge in [0.2, 0.25) is 5.82 Å². The lowest BCUT2D eigenvalue weighted by Gasteiger charge is -2.34. The van der Waals surface area contributed by atoms with Gasteiger partial charge in [-0.2, -0.15) is 4.39 Å². The minimum atomic E-state index is -3.93. The minimum Gasteiger partial charge on any atom is -0.462 e. The number of aliphatic hydroxyl groups is 1. The number of para-hydroxylation sites is 1. The average molecular weight is 599 g/mol. The molecule has 1 aliphatic rings. The van der Waals surface area contributed by atoms with Gasteiger partial charge in [0, 0.05) is 0 Å². The number of carbonyl (C=O) groups is 1. The Hall–Kier alpha value is -2.62. The Labute approximate surface area is 224 Å². The first-order valence-electron chi connectivity index (χ1n) is 11.5. The number of hydrogen-bond donors (Lipinski definition) is 3. The van der Waals surface area contributed by atoms with Crippen molar-refractivity contribution >= 4 is 24.4 Å². The number of aromatic amines is 1. The van der Waals surface area contributed by atoms with E-state index in [1.54, 1.807) is 37.0 Å². The number of carbonyl (C=O) groups excluding carboxylic acids is 1. The van der Waals surface area contributed by atoms with Crippen molar-refractivity contribution in [2.75, 3.05) is 6.61 Å². The number of H-pyrrole nitrogens is 1. The Bertz CT molecular complexity index is 1330.